The first-order valence-corrected chi connectivity index (χ1v) is 6.69. The van der Waals surface area contributed by atoms with Crippen molar-refractivity contribution < 1.29 is 14.3 Å². The van der Waals surface area contributed by atoms with Crippen molar-refractivity contribution in [2.24, 2.45) is 47.3 Å². The summed E-state index contributed by atoms with van der Waals surface area (Å²) in [6.07, 6.45) is 7.07. The summed E-state index contributed by atoms with van der Waals surface area (Å²) in [7, 11) is 0. The zero-order valence-corrected chi connectivity index (χ0v) is 9.41. The van der Waals surface area contributed by atoms with Crippen LogP contribution in [0.3, 0.4) is 0 Å². The first-order chi connectivity index (χ1) is 8.25. The summed E-state index contributed by atoms with van der Waals surface area (Å²) >= 11 is 0. The molecular weight excluding hydrogens is 216 g/mol. The fourth-order valence-corrected chi connectivity index (χ4v) is 5.92. The number of esters is 2. The molecule has 0 aromatic heterocycles. The highest BCUT2D eigenvalue weighted by Gasteiger charge is 2.70. The molecule has 4 aliphatic carbocycles. The molecule has 0 spiro atoms. The molecule has 8 atom stereocenters. The first kappa shape index (κ1) is 8.90. The first-order valence-electron chi connectivity index (χ1n) is 6.69. The van der Waals surface area contributed by atoms with Crippen LogP contribution >= 0.6 is 0 Å². The van der Waals surface area contributed by atoms with Crippen molar-refractivity contribution in [2.45, 2.75) is 12.8 Å². The molecule has 4 bridgehead atoms. The van der Waals surface area contributed by atoms with E-state index in [4.69, 9.17) is 4.74 Å². The smallest absolute Gasteiger partial charge is 0.317 e. The maximum Gasteiger partial charge on any atom is 0.317 e. The predicted octanol–water partition coefficient (Wildman–Crippen LogP) is 1.39. The SMILES string of the molecule is O=C1OC(=O)[C@@H]2[C@H]3C[C@H]([C@@H]12)[C@H]1[C@H]3[C@H]2C=C[C@@H]1C2. The Labute approximate surface area is 99.2 Å². The third-order valence-corrected chi connectivity index (χ3v) is 6.17. The van der Waals surface area contributed by atoms with Gasteiger partial charge < -0.3 is 4.74 Å². The molecule has 5 rings (SSSR count). The number of carbonyl (C=O) groups is 2. The van der Waals surface area contributed by atoms with Crippen molar-refractivity contribution in [1.29, 1.82) is 0 Å². The maximum atomic E-state index is 11.8. The van der Waals surface area contributed by atoms with E-state index in [0.29, 0.717) is 35.5 Å². The van der Waals surface area contributed by atoms with E-state index in [0.717, 1.165) is 6.42 Å². The van der Waals surface area contributed by atoms with Gasteiger partial charge in [0.25, 0.3) is 0 Å². The molecular formula is C14H14O3. The van der Waals surface area contributed by atoms with E-state index in [1.165, 1.54) is 6.42 Å². The van der Waals surface area contributed by atoms with Crippen LogP contribution < -0.4 is 0 Å². The van der Waals surface area contributed by atoms with Crippen molar-refractivity contribution in [3.63, 3.8) is 0 Å². The molecule has 5 aliphatic rings. The van der Waals surface area contributed by atoms with Gasteiger partial charge in [0.1, 0.15) is 0 Å². The van der Waals surface area contributed by atoms with Gasteiger partial charge in [0, 0.05) is 0 Å². The van der Waals surface area contributed by atoms with Gasteiger partial charge in [-0.1, -0.05) is 12.2 Å². The molecule has 1 heterocycles. The molecule has 1 saturated heterocycles. The topological polar surface area (TPSA) is 43.4 Å². The van der Waals surface area contributed by atoms with Crippen LogP contribution in [0.15, 0.2) is 12.2 Å². The Kier molecular flexibility index (Phi) is 1.31. The summed E-state index contributed by atoms with van der Waals surface area (Å²) < 4.78 is 4.87. The van der Waals surface area contributed by atoms with E-state index in [-0.39, 0.29) is 23.8 Å². The number of fused-ring (bicyclic) bond motifs is 12. The summed E-state index contributed by atoms with van der Waals surface area (Å²) in [4.78, 5) is 23.6. The van der Waals surface area contributed by atoms with Crippen molar-refractivity contribution >= 4 is 11.9 Å². The van der Waals surface area contributed by atoms with Crippen LogP contribution in [-0.4, -0.2) is 11.9 Å². The molecule has 17 heavy (non-hydrogen) atoms. The zero-order chi connectivity index (χ0) is 11.3. The molecule has 3 nitrogen and oxygen atoms in total. The Morgan fingerprint density at radius 3 is 1.94 bits per heavy atom. The number of hydrogen-bond acceptors (Lipinski definition) is 3. The summed E-state index contributed by atoms with van der Waals surface area (Å²) in [6, 6.07) is 0. The molecule has 0 radical (unpaired) electrons. The minimum absolute atomic E-state index is 0.0819. The molecule has 3 heteroatoms. The largest absolute Gasteiger partial charge is 0.393 e. The lowest BCUT2D eigenvalue weighted by atomic mass is 9.65. The molecule has 1 aliphatic heterocycles. The van der Waals surface area contributed by atoms with E-state index in [1.807, 2.05) is 0 Å². The second-order valence-electron chi connectivity index (χ2n) is 6.46. The second kappa shape index (κ2) is 2.50. The van der Waals surface area contributed by atoms with E-state index >= 15 is 0 Å². The van der Waals surface area contributed by atoms with Gasteiger partial charge in [-0.2, -0.15) is 0 Å². The van der Waals surface area contributed by atoms with Crippen LogP contribution in [0.4, 0.5) is 0 Å². The number of rotatable bonds is 0. The monoisotopic (exact) mass is 230 g/mol. The standard InChI is InChI=1S/C14H14O3/c15-13-11-7-4-8(12(11)14(16)17-13)10-6-2-1-5(3-6)9(7)10/h1-2,5-12H,3-4H2/t5-,6+,7-,8-,9-,10-,11+,12+/m0/s1. The quantitative estimate of drug-likeness (QED) is 0.273. The molecule has 0 aromatic carbocycles. The highest BCUT2D eigenvalue weighted by Crippen LogP contribution is 2.69. The number of cyclic esters (lactones) is 2. The normalized spacial score (nSPS) is 60.9. The Balaban J connectivity index is 1.64. The van der Waals surface area contributed by atoms with Gasteiger partial charge >= 0.3 is 11.9 Å². The molecule has 0 aromatic rings. The van der Waals surface area contributed by atoms with Crippen molar-refractivity contribution in [2.75, 3.05) is 0 Å². The second-order valence-corrected chi connectivity index (χ2v) is 6.46. The van der Waals surface area contributed by atoms with Crippen LogP contribution in [0, 0.1) is 47.3 Å². The van der Waals surface area contributed by atoms with Crippen LogP contribution in [-0.2, 0) is 14.3 Å². The molecule has 88 valence electrons. The maximum absolute atomic E-state index is 11.8. The minimum atomic E-state index is -0.224. The third kappa shape index (κ3) is 0.791. The van der Waals surface area contributed by atoms with Gasteiger partial charge in [0.15, 0.2) is 0 Å². The summed E-state index contributed by atoms with van der Waals surface area (Å²) in [5.41, 5.74) is 0. The van der Waals surface area contributed by atoms with E-state index < -0.39 is 0 Å². The van der Waals surface area contributed by atoms with Gasteiger partial charge in [-0.3, -0.25) is 9.59 Å². The third-order valence-electron chi connectivity index (χ3n) is 6.17. The summed E-state index contributed by atoms with van der Waals surface area (Å²) in [5.74, 6) is 2.99. The van der Waals surface area contributed by atoms with Crippen molar-refractivity contribution in [3.8, 4) is 0 Å². The Morgan fingerprint density at radius 2 is 1.41 bits per heavy atom. The average Bonchev–Trinajstić information content (AvgIpc) is 3.03. The zero-order valence-electron chi connectivity index (χ0n) is 9.41. The highest BCUT2D eigenvalue weighted by molar-refractivity contribution is 5.97. The van der Waals surface area contributed by atoms with Crippen LogP contribution in [0.25, 0.3) is 0 Å². The lowest BCUT2D eigenvalue weighted by molar-refractivity contribution is -0.154. The Hall–Kier alpha value is -1.12. The summed E-state index contributed by atoms with van der Waals surface area (Å²) in [6.45, 7) is 0. The van der Waals surface area contributed by atoms with Gasteiger partial charge in [0.2, 0.25) is 0 Å². The van der Waals surface area contributed by atoms with Gasteiger partial charge in [0.05, 0.1) is 11.8 Å². The number of allylic oxidation sites excluding steroid dienone is 2. The fourth-order valence-electron chi connectivity index (χ4n) is 5.92. The Bertz CT molecular complexity index is 440. The number of carbonyl (C=O) groups excluding carboxylic acids is 2. The lowest BCUT2D eigenvalue weighted by Gasteiger charge is -2.35. The Morgan fingerprint density at radius 1 is 0.882 bits per heavy atom. The van der Waals surface area contributed by atoms with Crippen molar-refractivity contribution in [1.82, 2.24) is 0 Å². The molecule has 0 N–H and O–H groups in total. The van der Waals surface area contributed by atoms with E-state index in [2.05, 4.69) is 12.2 Å². The van der Waals surface area contributed by atoms with Crippen molar-refractivity contribution in [3.05, 3.63) is 12.2 Å². The molecule has 3 saturated carbocycles. The summed E-state index contributed by atoms with van der Waals surface area (Å²) in [5, 5.41) is 0. The van der Waals surface area contributed by atoms with E-state index in [1.54, 1.807) is 0 Å². The number of ether oxygens (including phenoxy) is 1. The lowest BCUT2D eigenvalue weighted by Crippen LogP contribution is -2.38. The van der Waals surface area contributed by atoms with E-state index in [9.17, 15) is 9.59 Å². The molecule has 4 fully saturated rings. The highest BCUT2D eigenvalue weighted by atomic mass is 16.6. The van der Waals surface area contributed by atoms with Crippen LogP contribution in [0.1, 0.15) is 12.8 Å². The minimum Gasteiger partial charge on any atom is -0.393 e. The van der Waals surface area contributed by atoms with Gasteiger partial charge in [-0.05, 0) is 48.3 Å². The predicted molar refractivity (Wildman–Crippen MR) is 57.4 cm³/mol. The number of hydrogen-bond donors (Lipinski definition) is 0. The fraction of sp³-hybridized carbons (Fsp3) is 0.714. The van der Waals surface area contributed by atoms with Gasteiger partial charge in [-0.25, -0.2) is 0 Å². The van der Waals surface area contributed by atoms with Crippen LogP contribution in [0.2, 0.25) is 0 Å². The van der Waals surface area contributed by atoms with Crippen LogP contribution in [0.5, 0.6) is 0 Å². The average molecular weight is 230 g/mol. The molecule has 0 amide bonds. The molecule has 0 unspecified atom stereocenters. The van der Waals surface area contributed by atoms with Gasteiger partial charge in [-0.15, -0.1) is 0 Å².